The second-order valence-electron chi connectivity index (χ2n) is 3.98. The quantitative estimate of drug-likeness (QED) is 0.674. The van der Waals surface area contributed by atoms with E-state index in [0.717, 1.165) is 13.1 Å². The van der Waals surface area contributed by atoms with E-state index in [0.29, 0.717) is 12.8 Å². The summed E-state index contributed by atoms with van der Waals surface area (Å²) in [6.45, 7) is 1.65. The molecule has 1 aliphatic rings. The van der Waals surface area contributed by atoms with Crippen LogP contribution < -0.4 is 5.69 Å². The molecule has 0 bridgehead atoms. The van der Waals surface area contributed by atoms with Crippen molar-refractivity contribution in [3.63, 3.8) is 0 Å². The van der Waals surface area contributed by atoms with E-state index in [1.165, 1.54) is 10.9 Å². The molecule has 6 heteroatoms. The van der Waals surface area contributed by atoms with Crippen LogP contribution >= 0.6 is 0 Å². The molecule has 2 rings (SSSR count). The van der Waals surface area contributed by atoms with E-state index >= 15 is 0 Å². The molecule has 0 unspecified atom stereocenters. The van der Waals surface area contributed by atoms with Crippen LogP contribution in [0.3, 0.4) is 0 Å². The standard InChI is InChI=1S/C9H13N5O/c1-13-4-2-9(6-10,3-5-13)14-7-11-12-8(14)15/h7H,2-5H2,1H3,(H,12,15). The Morgan fingerprint density at radius 1 is 1.60 bits per heavy atom. The van der Waals surface area contributed by atoms with Gasteiger partial charge in [0.1, 0.15) is 11.9 Å². The van der Waals surface area contributed by atoms with E-state index < -0.39 is 5.54 Å². The first kappa shape index (κ1) is 9.93. The monoisotopic (exact) mass is 207 g/mol. The highest BCUT2D eigenvalue weighted by Crippen LogP contribution is 2.27. The van der Waals surface area contributed by atoms with Crippen LogP contribution in [-0.4, -0.2) is 39.8 Å². The molecule has 0 amide bonds. The Bertz CT molecular complexity index is 432. The molecule has 80 valence electrons. The maximum atomic E-state index is 11.4. The number of rotatable bonds is 1. The van der Waals surface area contributed by atoms with Crippen molar-refractivity contribution in [3.8, 4) is 6.07 Å². The third kappa shape index (κ3) is 1.55. The predicted molar refractivity (Wildman–Crippen MR) is 53.2 cm³/mol. The van der Waals surface area contributed by atoms with E-state index in [2.05, 4.69) is 21.2 Å². The van der Waals surface area contributed by atoms with Crippen LogP contribution in [0.15, 0.2) is 11.1 Å². The van der Waals surface area contributed by atoms with Crippen molar-refractivity contribution < 1.29 is 0 Å². The molecule has 6 nitrogen and oxygen atoms in total. The third-order valence-corrected chi connectivity index (χ3v) is 3.04. The van der Waals surface area contributed by atoms with Gasteiger partial charge in [-0.1, -0.05) is 0 Å². The summed E-state index contributed by atoms with van der Waals surface area (Å²) in [5.74, 6) is 0. The van der Waals surface area contributed by atoms with Crippen molar-refractivity contribution >= 4 is 0 Å². The first-order valence-corrected chi connectivity index (χ1v) is 4.90. The summed E-state index contributed by atoms with van der Waals surface area (Å²) in [7, 11) is 2.01. The van der Waals surface area contributed by atoms with Crippen LogP contribution in [0.4, 0.5) is 0 Å². The van der Waals surface area contributed by atoms with Gasteiger partial charge in [0.15, 0.2) is 0 Å². The molecule has 1 aromatic rings. The van der Waals surface area contributed by atoms with Crippen LogP contribution in [-0.2, 0) is 5.54 Å². The normalized spacial score (nSPS) is 21.1. The molecular weight excluding hydrogens is 194 g/mol. The molecule has 0 spiro atoms. The van der Waals surface area contributed by atoms with Crippen LogP contribution in [0.2, 0.25) is 0 Å². The minimum absolute atomic E-state index is 0.305. The molecule has 1 aliphatic heterocycles. The third-order valence-electron chi connectivity index (χ3n) is 3.04. The number of likely N-dealkylation sites (tertiary alicyclic amines) is 1. The Hall–Kier alpha value is -1.61. The van der Waals surface area contributed by atoms with Gasteiger partial charge in [-0.05, 0) is 19.9 Å². The fourth-order valence-corrected chi connectivity index (χ4v) is 1.95. The number of hydrogen-bond acceptors (Lipinski definition) is 4. The maximum absolute atomic E-state index is 11.4. The Morgan fingerprint density at radius 2 is 2.27 bits per heavy atom. The first-order valence-electron chi connectivity index (χ1n) is 4.90. The van der Waals surface area contributed by atoms with Gasteiger partial charge in [-0.2, -0.15) is 10.4 Å². The molecule has 0 aliphatic carbocycles. The second kappa shape index (κ2) is 3.51. The topological polar surface area (TPSA) is 77.7 Å². The number of piperidine rings is 1. The number of aromatic amines is 1. The van der Waals surface area contributed by atoms with Gasteiger partial charge in [0.2, 0.25) is 0 Å². The Balaban J connectivity index is 2.36. The fourth-order valence-electron chi connectivity index (χ4n) is 1.95. The molecule has 0 saturated carbocycles. The van der Waals surface area contributed by atoms with Gasteiger partial charge in [-0.3, -0.25) is 4.57 Å². The van der Waals surface area contributed by atoms with E-state index in [9.17, 15) is 10.1 Å². The number of nitrogens with one attached hydrogen (secondary N) is 1. The molecule has 0 radical (unpaired) electrons. The average Bonchev–Trinajstić information content (AvgIpc) is 2.67. The number of hydrogen-bond donors (Lipinski definition) is 1. The van der Waals surface area contributed by atoms with Crippen LogP contribution in [0.1, 0.15) is 12.8 Å². The number of nitriles is 1. The van der Waals surface area contributed by atoms with E-state index in [-0.39, 0.29) is 5.69 Å². The average molecular weight is 207 g/mol. The lowest BCUT2D eigenvalue weighted by atomic mass is 9.89. The highest BCUT2D eigenvalue weighted by molar-refractivity contribution is 5.07. The van der Waals surface area contributed by atoms with Crippen LogP contribution in [0.5, 0.6) is 0 Å². The summed E-state index contributed by atoms with van der Waals surface area (Å²) in [4.78, 5) is 13.6. The smallest absolute Gasteiger partial charge is 0.306 e. The van der Waals surface area contributed by atoms with Gasteiger partial charge < -0.3 is 4.90 Å². The number of nitrogens with zero attached hydrogens (tertiary/aromatic N) is 4. The Kier molecular flexibility index (Phi) is 2.32. The highest BCUT2D eigenvalue weighted by Gasteiger charge is 2.36. The van der Waals surface area contributed by atoms with Gasteiger partial charge in [-0.25, -0.2) is 9.89 Å². The lowest BCUT2D eigenvalue weighted by Gasteiger charge is -2.35. The molecule has 1 fully saturated rings. The van der Waals surface area contributed by atoms with Gasteiger partial charge in [0.05, 0.1) is 6.07 Å². The van der Waals surface area contributed by atoms with Gasteiger partial charge in [-0.15, -0.1) is 0 Å². The predicted octanol–water partition coefficient (Wildman–Crippen LogP) is -0.484. The van der Waals surface area contributed by atoms with Crippen molar-refractivity contribution in [1.29, 1.82) is 5.26 Å². The summed E-state index contributed by atoms with van der Waals surface area (Å²) < 4.78 is 1.42. The molecular formula is C9H13N5O. The fraction of sp³-hybridized carbons (Fsp3) is 0.667. The largest absolute Gasteiger partial charge is 0.344 e. The molecule has 1 aromatic heterocycles. The molecule has 1 N–H and O–H groups in total. The minimum atomic E-state index is -0.712. The molecule has 2 heterocycles. The summed E-state index contributed by atoms with van der Waals surface area (Å²) in [5.41, 5.74) is -1.02. The highest BCUT2D eigenvalue weighted by atomic mass is 16.1. The maximum Gasteiger partial charge on any atom is 0.344 e. The van der Waals surface area contributed by atoms with Crippen molar-refractivity contribution in [2.45, 2.75) is 18.4 Å². The van der Waals surface area contributed by atoms with Crippen molar-refractivity contribution in [2.24, 2.45) is 0 Å². The van der Waals surface area contributed by atoms with Crippen molar-refractivity contribution in [2.75, 3.05) is 20.1 Å². The number of H-pyrrole nitrogens is 1. The molecule has 0 atom stereocenters. The van der Waals surface area contributed by atoms with Crippen LogP contribution in [0.25, 0.3) is 0 Å². The molecule has 15 heavy (non-hydrogen) atoms. The Labute approximate surface area is 87.1 Å². The zero-order valence-electron chi connectivity index (χ0n) is 8.60. The summed E-state index contributed by atoms with van der Waals surface area (Å²) in [6.07, 6.45) is 2.75. The molecule has 1 saturated heterocycles. The lowest BCUT2D eigenvalue weighted by Crippen LogP contribution is -2.47. The van der Waals surface area contributed by atoms with Crippen LogP contribution in [0, 0.1) is 11.3 Å². The van der Waals surface area contributed by atoms with Gasteiger partial charge >= 0.3 is 5.69 Å². The van der Waals surface area contributed by atoms with Gasteiger partial charge in [0.25, 0.3) is 0 Å². The first-order chi connectivity index (χ1) is 7.18. The SMILES string of the molecule is CN1CCC(C#N)(n2cn[nH]c2=O)CC1. The summed E-state index contributed by atoms with van der Waals surface area (Å²) >= 11 is 0. The van der Waals surface area contributed by atoms with Gasteiger partial charge in [0, 0.05) is 13.1 Å². The summed E-state index contributed by atoms with van der Waals surface area (Å²) in [5, 5.41) is 15.3. The zero-order valence-corrected chi connectivity index (χ0v) is 8.60. The Morgan fingerprint density at radius 3 is 2.73 bits per heavy atom. The van der Waals surface area contributed by atoms with E-state index in [4.69, 9.17) is 0 Å². The van der Waals surface area contributed by atoms with Crippen molar-refractivity contribution in [3.05, 3.63) is 16.8 Å². The minimum Gasteiger partial charge on any atom is -0.306 e. The summed E-state index contributed by atoms with van der Waals surface area (Å²) in [6, 6.07) is 2.26. The van der Waals surface area contributed by atoms with E-state index in [1.807, 2.05) is 7.05 Å². The second-order valence-corrected chi connectivity index (χ2v) is 3.98. The van der Waals surface area contributed by atoms with E-state index in [1.54, 1.807) is 0 Å². The lowest BCUT2D eigenvalue weighted by molar-refractivity contribution is 0.171. The molecule has 0 aromatic carbocycles. The van der Waals surface area contributed by atoms with Crippen molar-refractivity contribution in [1.82, 2.24) is 19.7 Å². The number of aromatic nitrogens is 3. The zero-order chi connectivity index (χ0) is 10.9.